The summed E-state index contributed by atoms with van der Waals surface area (Å²) in [6.07, 6.45) is 4.09. The number of nitrogens with two attached hydrogens (primary N) is 1. The van der Waals surface area contributed by atoms with Crippen LogP contribution in [0.25, 0.3) is 0 Å². The molecule has 2 rings (SSSR count). The van der Waals surface area contributed by atoms with E-state index in [2.05, 4.69) is 10.2 Å². The van der Waals surface area contributed by atoms with Crippen LogP contribution < -0.4 is 11.1 Å². The number of anilines is 1. The van der Waals surface area contributed by atoms with E-state index in [0.717, 1.165) is 25.7 Å². The average Bonchev–Trinajstić information content (AvgIpc) is 2.43. The van der Waals surface area contributed by atoms with Gasteiger partial charge in [-0.1, -0.05) is 6.07 Å². The number of benzene rings is 1. The highest BCUT2D eigenvalue weighted by atomic mass is 19.1. The molecule has 1 aromatic rings. The van der Waals surface area contributed by atoms with Gasteiger partial charge in [0.1, 0.15) is 5.82 Å². The predicted octanol–water partition coefficient (Wildman–Crippen LogP) is 2.27. The van der Waals surface area contributed by atoms with Crippen molar-refractivity contribution >= 4 is 11.6 Å². The molecule has 0 spiro atoms. The van der Waals surface area contributed by atoms with Gasteiger partial charge >= 0.3 is 0 Å². The second-order valence-electron chi connectivity index (χ2n) is 6.00. The van der Waals surface area contributed by atoms with Crippen molar-refractivity contribution in [3.63, 3.8) is 0 Å². The summed E-state index contributed by atoms with van der Waals surface area (Å²) in [4.78, 5) is 14.1. The third-order valence-corrected chi connectivity index (χ3v) is 4.21. The van der Waals surface area contributed by atoms with E-state index in [1.54, 1.807) is 19.1 Å². The van der Waals surface area contributed by atoms with Gasteiger partial charge < -0.3 is 11.1 Å². The summed E-state index contributed by atoms with van der Waals surface area (Å²) in [5.74, 6) is -0.418. The van der Waals surface area contributed by atoms with Crippen molar-refractivity contribution in [1.29, 1.82) is 0 Å². The standard InChI is InChI=1S/C16H24FN3O/c1-11-3-6-13(9-15(11)17)19-16(21)10-20(2)14-7-4-12(18)5-8-14/h3,6,9,12,14H,4-5,7-8,10,18H2,1-2H3,(H,19,21). The largest absolute Gasteiger partial charge is 0.328 e. The third kappa shape index (κ3) is 4.51. The summed E-state index contributed by atoms with van der Waals surface area (Å²) in [6.45, 7) is 2.01. The van der Waals surface area contributed by atoms with E-state index in [4.69, 9.17) is 5.73 Å². The van der Waals surface area contributed by atoms with Gasteiger partial charge in [0.05, 0.1) is 6.54 Å². The average molecular weight is 293 g/mol. The lowest BCUT2D eigenvalue weighted by Gasteiger charge is -2.33. The summed E-state index contributed by atoms with van der Waals surface area (Å²) in [5.41, 5.74) is 6.97. The number of amides is 1. The van der Waals surface area contributed by atoms with Crippen molar-refractivity contribution in [1.82, 2.24) is 4.90 Å². The van der Waals surface area contributed by atoms with E-state index in [1.165, 1.54) is 6.07 Å². The second-order valence-corrected chi connectivity index (χ2v) is 6.00. The number of hydrogen-bond donors (Lipinski definition) is 2. The molecule has 1 aromatic carbocycles. The molecule has 1 amide bonds. The molecule has 0 saturated heterocycles. The minimum absolute atomic E-state index is 0.115. The molecule has 1 aliphatic rings. The maximum Gasteiger partial charge on any atom is 0.238 e. The van der Waals surface area contributed by atoms with Crippen LogP contribution >= 0.6 is 0 Å². The van der Waals surface area contributed by atoms with Crippen LogP contribution in [0.5, 0.6) is 0 Å². The molecule has 1 saturated carbocycles. The Kier molecular flexibility index (Phi) is 5.31. The number of carbonyl (C=O) groups excluding carboxylic acids is 1. The minimum atomic E-state index is -0.303. The second kappa shape index (κ2) is 7.00. The molecule has 0 heterocycles. The maximum absolute atomic E-state index is 13.4. The highest BCUT2D eigenvalue weighted by Crippen LogP contribution is 2.21. The zero-order valence-corrected chi connectivity index (χ0v) is 12.7. The summed E-state index contributed by atoms with van der Waals surface area (Å²) in [6, 6.07) is 5.45. The normalized spacial score (nSPS) is 22.3. The molecular weight excluding hydrogens is 269 g/mol. The number of halogens is 1. The number of likely N-dealkylation sites (N-methyl/N-ethyl adjacent to an activating group) is 1. The van der Waals surface area contributed by atoms with Crippen LogP contribution in [0, 0.1) is 12.7 Å². The Morgan fingerprint density at radius 2 is 2.05 bits per heavy atom. The van der Waals surface area contributed by atoms with Gasteiger partial charge in [0.15, 0.2) is 0 Å². The van der Waals surface area contributed by atoms with Crippen molar-refractivity contribution < 1.29 is 9.18 Å². The van der Waals surface area contributed by atoms with Crippen LogP contribution in [-0.4, -0.2) is 36.5 Å². The van der Waals surface area contributed by atoms with Gasteiger partial charge in [-0.15, -0.1) is 0 Å². The molecule has 0 bridgehead atoms. The molecular formula is C16H24FN3O. The molecule has 0 unspecified atom stereocenters. The summed E-state index contributed by atoms with van der Waals surface area (Å²) < 4.78 is 13.4. The van der Waals surface area contributed by atoms with E-state index >= 15 is 0 Å². The fourth-order valence-corrected chi connectivity index (χ4v) is 2.77. The summed E-state index contributed by atoms with van der Waals surface area (Å²) >= 11 is 0. The van der Waals surface area contributed by atoms with Crippen LogP contribution in [0.3, 0.4) is 0 Å². The van der Waals surface area contributed by atoms with E-state index in [9.17, 15) is 9.18 Å². The molecule has 1 aliphatic carbocycles. The van der Waals surface area contributed by atoms with E-state index in [0.29, 0.717) is 29.9 Å². The predicted molar refractivity (Wildman–Crippen MR) is 82.6 cm³/mol. The molecule has 0 radical (unpaired) electrons. The maximum atomic E-state index is 13.4. The molecule has 5 heteroatoms. The number of nitrogens with one attached hydrogen (secondary N) is 1. The van der Waals surface area contributed by atoms with Crippen molar-refractivity contribution in [2.45, 2.75) is 44.7 Å². The molecule has 0 aromatic heterocycles. The molecule has 0 aliphatic heterocycles. The fraction of sp³-hybridized carbons (Fsp3) is 0.562. The topological polar surface area (TPSA) is 58.4 Å². The van der Waals surface area contributed by atoms with Crippen LogP contribution in [0.15, 0.2) is 18.2 Å². The molecule has 4 nitrogen and oxygen atoms in total. The van der Waals surface area contributed by atoms with E-state index in [1.807, 2.05) is 7.05 Å². The highest BCUT2D eigenvalue weighted by Gasteiger charge is 2.23. The van der Waals surface area contributed by atoms with E-state index < -0.39 is 0 Å². The molecule has 1 fully saturated rings. The lowest BCUT2D eigenvalue weighted by Crippen LogP contribution is -2.42. The van der Waals surface area contributed by atoms with Gasteiger partial charge in [-0.05, 0) is 57.4 Å². The Balaban J connectivity index is 1.84. The van der Waals surface area contributed by atoms with Gasteiger partial charge in [0.25, 0.3) is 0 Å². The third-order valence-electron chi connectivity index (χ3n) is 4.21. The Morgan fingerprint density at radius 3 is 2.67 bits per heavy atom. The zero-order valence-electron chi connectivity index (χ0n) is 12.7. The number of aryl methyl sites for hydroxylation is 1. The lowest BCUT2D eigenvalue weighted by atomic mass is 9.91. The summed E-state index contributed by atoms with van der Waals surface area (Å²) in [5, 5.41) is 2.74. The van der Waals surface area contributed by atoms with Crippen molar-refractivity contribution in [2.75, 3.05) is 18.9 Å². The Hall–Kier alpha value is -1.46. The first-order valence-corrected chi connectivity index (χ1v) is 7.47. The Morgan fingerprint density at radius 1 is 1.38 bits per heavy atom. The Labute approximate surface area is 125 Å². The number of hydrogen-bond acceptors (Lipinski definition) is 3. The molecule has 3 N–H and O–H groups in total. The highest BCUT2D eigenvalue weighted by molar-refractivity contribution is 5.92. The van der Waals surface area contributed by atoms with Crippen LogP contribution in [0.2, 0.25) is 0 Å². The van der Waals surface area contributed by atoms with Crippen LogP contribution in [0.1, 0.15) is 31.2 Å². The van der Waals surface area contributed by atoms with Gasteiger partial charge in [-0.3, -0.25) is 9.69 Å². The van der Waals surface area contributed by atoms with Crippen LogP contribution in [-0.2, 0) is 4.79 Å². The van der Waals surface area contributed by atoms with Gasteiger partial charge in [0.2, 0.25) is 5.91 Å². The van der Waals surface area contributed by atoms with Crippen molar-refractivity contribution in [3.05, 3.63) is 29.6 Å². The monoisotopic (exact) mass is 293 g/mol. The Bertz CT molecular complexity index is 498. The first-order valence-electron chi connectivity index (χ1n) is 7.47. The zero-order chi connectivity index (χ0) is 15.4. The SMILES string of the molecule is Cc1ccc(NC(=O)CN(C)C2CCC(N)CC2)cc1F. The number of carbonyl (C=O) groups is 1. The van der Waals surface area contributed by atoms with Crippen molar-refractivity contribution in [3.8, 4) is 0 Å². The van der Waals surface area contributed by atoms with E-state index in [-0.39, 0.29) is 11.7 Å². The minimum Gasteiger partial charge on any atom is -0.328 e. The smallest absolute Gasteiger partial charge is 0.238 e. The molecule has 0 atom stereocenters. The quantitative estimate of drug-likeness (QED) is 0.895. The number of rotatable bonds is 4. The molecule has 21 heavy (non-hydrogen) atoms. The number of nitrogens with zero attached hydrogens (tertiary/aromatic N) is 1. The van der Waals surface area contributed by atoms with Gasteiger partial charge in [0, 0.05) is 17.8 Å². The van der Waals surface area contributed by atoms with Gasteiger partial charge in [-0.2, -0.15) is 0 Å². The fourth-order valence-electron chi connectivity index (χ4n) is 2.77. The van der Waals surface area contributed by atoms with Gasteiger partial charge in [-0.25, -0.2) is 4.39 Å². The van der Waals surface area contributed by atoms with Crippen LogP contribution in [0.4, 0.5) is 10.1 Å². The van der Waals surface area contributed by atoms with Crippen molar-refractivity contribution in [2.24, 2.45) is 5.73 Å². The first kappa shape index (κ1) is 15.9. The molecule has 116 valence electrons. The first-order chi connectivity index (χ1) is 9.95. The lowest BCUT2D eigenvalue weighted by molar-refractivity contribution is -0.117. The summed E-state index contributed by atoms with van der Waals surface area (Å²) in [7, 11) is 1.96.